The van der Waals surface area contributed by atoms with E-state index >= 15 is 0 Å². The summed E-state index contributed by atoms with van der Waals surface area (Å²) in [5, 5.41) is 22.0. The summed E-state index contributed by atoms with van der Waals surface area (Å²) in [6.45, 7) is 2.79. The number of piperidine rings is 1. The van der Waals surface area contributed by atoms with E-state index in [2.05, 4.69) is 21.6 Å². The third-order valence-electron chi connectivity index (χ3n) is 7.86. The molecule has 2 aromatic rings. The summed E-state index contributed by atoms with van der Waals surface area (Å²) < 4.78 is 20.1. The van der Waals surface area contributed by atoms with Gasteiger partial charge in [-0.1, -0.05) is 12.8 Å². The van der Waals surface area contributed by atoms with Crippen LogP contribution in [-0.4, -0.2) is 63.8 Å². The quantitative estimate of drug-likeness (QED) is 0.422. The summed E-state index contributed by atoms with van der Waals surface area (Å²) in [5.74, 6) is 0.335. The summed E-state index contributed by atoms with van der Waals surface area (Å²) in [7, 11) is 1.54. The second-order valence-electron chi connectivity index (χ2n) is 10.1. The van der Waals surface area contributed by atoms with Crippen molar-refractivity contribution in [1.29, 1.82) is 0 Å². The van der Waals surface area contributed by atoms with Crippen molar-refractivity contribution in [3.8, 4) is 5.75 Å². The Kier molecular flexibility index (Phi) is 8.89. The summed E-state index contributed by atoms with van der Waals surface area (Å²) in [6, 6.07) is 5.20. The zero-order valence-corrected chi connectivity index (χ0v) is 21.4. The number of likely N-dealkylation sites (tertiary alicyclic amines) is 1. The molecule has 4 rings (SSSR count). The van der Waals surface area contributed by atoms with E-state index in [0.29, 0.717) is 29.5 Å². The van der Waals surface area contributed by atoms with Crippen LogP contribution in [0.3, 0.4) is 0 Å². The zero-order chi connectivity index (χ0) is 24.8. The standard InChI is InChI=1S/C27H37FN2O4S/c1-34-19-6-7-23-21(16-19)26(22(28)18-29-23)24(31)8-9-27(17-25(32)33)10-12-30(13-11-27)14-15-35-20-4-2-3-5-20/h6-7,16,18,20,24,31H,2-5,8-15,17H2,1H3,(H,32,33)/t24-/m0/s1. The Labute approximate surface area is 211 Å². The number of nitrogens with zero attached hydrogens (tertiary/aromatic N) is 2. The molecule has 2 heterocycles. The van der Waals surface area contributed by atoms with E-state index in [4.69, 9.17) is 4.74 Å². The van der Waals surface area contributed by atoms with Gasteiger partial charge in [-0.05, 0) is 75.2 Å². The molecule has 0 amide bonds. The number of rotatable bonds is 11. The molecule has 0 spiro atoms. The van der Waals surface area contributed by atoms with Gasteiger partial charge in [-0.25, -0.2) is 4.39 Å². The molecule has 1 aliphatic carbocycles. The minimum Gasteiger partial charge on any atom is -0.497 e. The Morgan fingerprint density at radius 2 is 2.06 bits per heavy atom. The van der Waals surface area contributed by atoms with Crippen LogP contribution in [-0.2, 0) is 4.79 Å². The third-order valence-corrected chi connectivity index (χ3v) is 9.22. The van der Waals surface area contributed by atoms with Gasteiger partial charge in [0.2, 0.25) is 0 Å². The Bertz CT molecular complexity index is 1010. The number of aliphatic carboxylic acids is 1. The van der Waals surface area contributed by atoms with Crippen molar-refractivity contribution < 1.29 is 24.1 Å². The number of aliphatic hydroxyl groups is 1. The second-order valence-corrected chi connectivity index (χ2v) is 11.6. The SMILES string of the molecule is COc1ccc2ncc(F)c([C@@H](O)CCC3(CC(=O)O)CCN(CCSC4CCCC4)CC3)c2c1. The lowest BCUT2D eigenvalue weighted by molar-refractivity contribution is -0.141. The smallest absolute Gasteiger partial charge is 0.303 e. The van der Waals surface area contributed by atoms with Gasteiger partial charge >= 0.3 is 5.97 Å². The Morgan fingerprint density at radius 1 is 1.31 bits per heavy atom. The van der Waals surface area contributed by atoms with Crippen LogP contribution < -0.4 is 4.74 Å². The number of carboxylic acids is 1. The number of carboxylic acid groups (broad SMARTS) is 1. The van der Waals surface area contributed by atoms with Gasteiger partial charge in [-0.3, -0.25) is 9.78 Å². The summed E-state index contributed by atoms with van der Waals surface area (Å²) >= 11 is 2.09. The minimum absolute atomic E-state index is 0.0811. The normalized spacial score (nSPS) is 19.7. The molecule has 2 fully saturated rings. The molecule has 2 aliphatic rings. The van der Waals surface area contributed by atoms with Gasteiger partial charge in [-0.2, -0.15) is 11.8 Å². The Morgan fingerprint density at radius 3 is 2.74 bits per heavy atom. The maximum Gasteiger partial charge on any atom is 0.303 e. The molecule has 1 saturated carbocycles. The van der Waals surface area contributed by atoms with Gasteiger partial charge in [0.05, 0.1) is 31.3 Å². The van der Waals surface area contributed by atoms with Crippen LogP contribution in [0.15, 0.2) is 24.4 Å². The Balaban J connectivity index is 1.39. The molecular formula is C27H37FN2O4S. The second kappa shape index (κ2) is 11.9. The molecule has 1 aromatic carbocycles. The van der Waals surface area contributed by atoms with Crippen LogP contribution in [0.25, 0.3) is 10.9 Å². The number of thioether (sulfide) groups is 1. The highest BCUT2D eigenvalue weighted by Crippen LogP contribution is 2.42. The first-order valence-corrected chi connectivity index (χ1v) is 13.8. The molecule has 0 unspecified atom stereocenters. The summed E-state index contributed by atoms with van der Waals surface area (Å²) in [6.07, 6.45) is 8.00. The lowest BCUT2D eigenvalue weighted by Gasteiger charge is -2.41. The molecular weight excluding hydrogens is 467 g/mol. The minimum atomic E-state index is -1.04. The van der Waals surface area contributed by atoms with Gasteiger partial charge in [0, 0.05) is 28.5 Å². The molecule has 0 bridgehead atoms. The van der Waals surface area contributed by atoms with Crippen molar-refractivity contribution in [2.45, 2.75) is 69.1 Å². The molecule has 192 valence electrons. The van der Waals surface area contributed by atoms with E-state index in [1.54, 1.807) is 25.3 Å². The monoisotopic (exact) mass is 504 g/mol. The first kappa shape index (κ1) is 26.2. The molecule has 1 aromatic heterocycles. The summed E-state index contributed by atoms with van der Waals surface area (Å²) in [4.78, 5) is 18.3. The number of benzene rings is 1. The highest BCUT2D eigenvalue weighted by atomic mass is 32.2. The van der Waals surface area contributed by atoms with Gasteiger partial charge in [0.15, 0.2) is 0 Å². The van der Waals surface area contributed by atoms with Crippen molar-refractivity contribution >= 4 is 28.6 Å². The molecule has 35 heavy (non-hydrogen) atoms. The highest BCUT2D eigenvalue weighted by molar-refractivity contribution is 7.99. The molecule has 6 nitrogen and oxygen atoms in total. The number of pyridine rings is 1. The Hall–Kier alpha value is -1.90. The average Bonchev–Trinajstić information content (AvgIpc) is 3.36. The average molecular weight is 505 g/mol. The number of hydrogen-bond acceptors (Lipinski definition) is 6. The van der Waals surface area contributed by atoms with Crippen LogP contribution in [0.5, 0.6) is 5.75 Å². The van der Waals surface area contributed by atoms with Gasteiger partial charge < -0.3 is 19.8 Å². The van der Waals surface area contributed by atoms with E-state index in [1.807, 2.05) is 0 Å². The maximum atomic E-state index is 14.8. The van der Waals surface area contributed by atoms with Crippen LogP contribution in [0.1, 0.15) is 69.5 Å². The van der Waals surface area contributed by atoms with Gasteiger partial charge in [0.1, 0.15) is 11.6 Å². The number of methoxy groups -OCH3 is 1. The van der Waals surface area contributed by atoms with Gasteiger partial charge in [0.25, 0.3) is 0 Å². The number of fused-ring (bicyclic) bond motifs is 1. The van der Waals surface area contributed by atoms with E-state index in [-0.39, 0.29) is 17.4 Å². The number of carbonyl (C=O) groups is 1. The highest BCUT2D eigenvalue weighted by Gasteiger charge is 2.37. The molecule has 0 radical (unpaired) electrons. The lowest BCUT2D eigenvalue weighted by atomic mass is 9.71. The van der Waals surface area contributed by atoms with Crippen molar-refractivity contribution in [3.63, 3.8) is 0 Å². The lowest BCUT2D eigenvalue weighted by Crippen LogP contribution is -2.42. The molecule has 1 saturated heterocycles. The van der Waals surface area contributed by atoms with Crippen molar-refractivity contribution in [2.75, 3.05) is 32.5 Å². The van der Waals surface area contributed by atoms with Crippen LogP contribution in [0.2, 0.25) is 0 Å². The third kappa shape index (κ3) is 6.66. The first-order valence-electron chi connectivity index (χ1n) is 12.8. The molecule has 8 heteroatoms. The van der Waals surface area contributed by atoms with Crippen LogP contribution in [0, 0.1) is 11.2 Å². The largest absolute Gasteiger partial charge is 0.497 e. The van der Waals surface area contributed by atoms with Crippen LogP contribution >= 0.6 is 11.8 Å². The van der Waals surface area contributed by atoms with Gasteiger partial charge in [-0.15, -0.1) is 0 Å². The molecule has 1 aliphatic heterocycles. The number of aromatic nitrogens is 1. The van der Waals surface area contributed by atoms with Crippen LogP contribution in [0.4, 0.5) is 4.39 Å². The van der Waals surface area contributed by atoms with E-state index in [0.717, 1.165) is 49.7 Å². The predicted octanol–water partition coefficient (Wildman–Crippen LogP) is 5.43. The van der Waals surface area contributed by atoms with Crippen molar-refractivity contribution in [2.24, 2.45) is 5.41 Å². The molecule has 2 N–H and O–H groups in total. The zero-order valence-electron chi connectivity index (χ0n) is 20.5. The fourth-order valence-corrected chi connectivity index (χ4v) is 7.07. The number of aliphatic hydroxyl groups excluding tert-OH is 1. The van der Waals surface area contributed by atoms with Crippen molar-refractivity contribution in [3.05, 3.63) is 35.8 Å². The fourth-order valence-electron chi connectivity index (χ4n) is 5.71. The fraction of sp³-hybridized carbons (Fsp3) is 0.630. The number of ether oxygens (including phenoxy) is 1. The first-order chi connectivity index (χ1) is 16.9. The van der Waals surface area contributed by atoms with Crippen molar-refractivity contribution in [1.82, 2.24) is 9.88 Å². The van der Waals surface area contributed by atoms with E-state index < -0.39 is 17.9 Å². The summed E-state index contributed by atoms with van der Waals surface area (Å²) in [5.41, 5.74) is 0.421. The maximum absolute atomic E-state index is 14.8. The van der Waals surface area contributed by atoms with E-state index in [1.165, 1.54) is 25.7 Å². The van der Waals surface area contributed by atoms with E-state index in [9.17, 15) is 19.4 Å². The predicted molar refractivity (Wildman–Crippen MR) is 138 cm³/mol. The number of hydrogen-bond donors (Lipinski definition) is 2. The topological polar surface area (TPSA) is 82.9 Å². The molecule has 1 atom stereocenters. The number of halogens is 1.